The van der Waals surface area contributed by atoms with Crippen molar-refractivity contribution in [3.05, 3.63) is 24.3 Å². The Bertz CT molecular complexity index is 420. The van der Waals surface area contributed by atoms with E-state index in [4.69, 9.17) is 9.47 Å². The summed E-state index contributed by atoms with van der Waals surface area (Å²) in [6, 6.07) is 6.70. The fourth-order valence-electron chi connectivity index (χ4n) is 1.49. The zero-order valence-electron chi connectivity index (χ0n) is 12.8. The largest absolute Gasteiger partial charge is 0.491 e. The second-order valence-corrected chi connectivity index (χ2v) is 5.01. The molecular formula is C15H24N2O4. The Labute approximate surface area is 125 Å². The van der Waals surface area contributed by atoms with Crippen LogP contribution in [0.3, 0.4) is 0 Å². The molecule has 0 aromatic heterocycles. The summed E-state index contributed by atoms with van der Waals surface area (Å²) in [6.07, 6.45) is -0.549. The first-order chi connectivity index (χ1) is 10.0. The molecule has 21 heavy (non-hydrogen) atoms. The fourth-order valence-corrected chi connectivity index (χ4v) is 1.49. The number of rotatable bonds is 8. The van der Waals surface area contributed by atoms with E-state index in [9.17, 15) is 9.90 Å². The smallest absolute Gasteiger partial charge is 0.319 e. The van der Waals surface area contributed by atoms with E-state index in [2.05, 4.69) is 10.6 Å². The number of amides is 2. The van der Waals surface area contributed by atoms with Crippen LogP contribution in [-0.2, 0) is 4.74 Å². The van der Waals surface area contributed by atoms with Crippen LogP contribution in [0.1, 0.15) is 13.8 Å². The maximum atomic E-state index is 11.7. The van der Waals surface area contributed by atoms with Crippen LogP contribution in [0.25, 0.3) is 0 Å². The Morgan fingerprint density at radius 2 is 1.90 bits per heavy atom. The van der Waals surface area contributed by atoms with Gasteiger partial charge < -0.3 is 25.2 Å². The van der Waals surface area contributed by atoms with Gasteiger partial charge in [0.2, 0.25) is 0 Å². The molecule has 0 aliphatic rings. The first-order valence-corrected chi connectivity index (χ1v) is 6.97. The van der Waals surface area contributed by atoms with Gasteiger partial charge in [-0.25, -0.2) is 4.79 Å². The zero-order chi connectivity index (χ0) is 15.7. The molecule has 1 rings (SSSR count). The summed E-state index contributed by atoms with van der Waals surface area (Å²) >= 11 is 0. The molecule has 0 saturated heterocycles. The van der Waals surface area contributed by atoms with Crippen molar-refractivity contribution in [2.45, 2.75) is 20.0 Å². The van der Waals surface area contributed by atoms with Crippen molar-refractivity contribution in [1.82, 2.24) is 5.32 Å². The summed E-state index contributed by atoms with van der Waals surface area (Å²) in [6.45, 7) is 5.03. The second-order valence-electron chi connectivity index (χ2n) is 5.01. The summed E-state index contributed by atoms with van der Waals surface area (Å²) < 4.78 is 10.3. The van der Waals surface area contributed by atoms with Crippen LogP contribution in [0.5, 0.6) is 5.75 Å². The first-order valence-electron chi connectivity index (χ1n) is 6.97. The molecule has 0 bridgehead atoms. The van der Waals surface area contributed by atoms with Crippen LogP contribution in [0.15, 0.2) is 24.3 Å². The average Bonchev–Trinajstić information content (AvgIpc) is 2.46. The molecule has 2 amide bonds. The minimum absolute atomic E-state index is 0.105. The highest BCUT2D eigenvalue weighted by atomic mass is 16.5. The number of benzene rings is 1. The molecule has 0 fully saturated rings. The van der Waals surface area contributed by atoms with Crippen molar-refractivity contribution < 1.29 is 19.4 Å². The third-order valence-corrected chi connectivity index (χ3v) is 2.91. The third-order valence-electron chi connectivity index (χ3n) is 2.91. The quantitative estimate of drug-likeness (QED) is 0.640. The Morgan fingerprint density at radius 3 is 2.48 bits per heavy atom. The van der Waals surface area contributed by atoms with E-state index in [1.807, 2.05) is 13.8 Å². The van der Waals surface area contributed by atoms with E-state index < -0.39 is 6.10 Å². The Balaban J connectivity index is 2.35. The van der Waals surface area contributed by atoms with Crippen LogP contribution in [0.4, 0.5) is 10.5 Å². The van der Waals surface area contributed by atoms with Gasteiger partial charge in [-0.15, -0.1) is 0 Å². The molecule has 0 spiro atoms. The normalized spacial score (nSPS) is 12.0. The molecule has 0 radical (unpaired) electrons. The Kier molecular flexibility index (Phi) is 7.56. The van der Waals surface area contributed by atoms with Crippen LogP contribution < -0.4 is 15.4 Å². The SMILES string of the molecule is COCCOc1ccc(NC(=O)NC[C@@H](O)C(C)C)cc1. The Morgan fingerprint density at radius 1 is 1.24 bits per heavy atom. The van der Waals surface area contributed by atoms with Gasteiger partial charge in [0.25, 0.3) is 0 Å². The predicted molar refractivity (Wildman–Crippen MR) is 81.7 cm³/mol. The van der Waals surface area contributed by atoms with Crippen molar-refractivity contribution in [2.75, 3.05) is 32.2 Å². The summed E-state index contributed by atoms with van der Waals surface area (Å²) in [4.78, 5) is 11.7. The van der Waals surface area contributed by atoms with Crippen molar-refractivity contribution >= 4 is 11.7 Å². The molecule has 1 aromatic rings. The molecule has 6 heteroatoms. The number of aliphatic hydroxyl groups excluding tert-OH is 1. The summed E-state index contributed by atoms with van der Waals surface area (Å²) in [5.41, 5.74) is 0.658. The van der Waals surface area contributed by atoms with Crippen LogP contribution in [-0.4, -0.2) is 44.1 Å². The lowest BCUT2D eigenvalue weighted by atomic mass is 10.1. The van der Waals surface area contributed by atoms with Crippen molar-refractivity contribution in [3.63, 3.8) is 0 Å². The van der Waals surface area contributed by atoms with Gasteiger partial charge in [0.1, 0.15) is 12.4 Å². The van der Waals surface area contributed by atoms with E-state index >= 15 is 0 Å². The van der Waals surface area contributed by atoms with Gasteiger partial charge >= 0.3 is 6.03 Å². The van der Waals surface area contributed by atoms with Crippen molar-refractivity contribution in [2.24, 2.45) is 5.92 Å². The second kappa shape index (κ2) is 9.20. The van der Waals surface area contributed by atoms with Gasteiger partial charge in [0.15, 0.2) is 0 Å². The molecule has 0 saturated carbocycles. The molecule has 0 unspecified atom stereocenters. The number of nitrogens with one attached hydrogen (secondary N) is 2. The maximum absolute atomic E-state index is 11.7. The van der Waals surface area contributed by atoms with Gasteiger partial charge in [0.05, 0.1) is 12.7 Å². The Hall–Kier alpha value is -1.79. The average molecular weight is 296 g/mol. The number of hydrogen-bond acceptors (Lipinski definition) is 4. The van der Waals surface area contributed by atoms with E-state index in [-0.39, 0.29) is 18.5 Å². The van der Waals surface area contributed by atoms with Gasteiger partial charge in [-0.3, -0.25) is 0 Å². The zero-order valence-corrected chi connectivity index (χ0v) is 12.8. The number of hydrogen-bond donors (Lipinski definition) is 3. The summed E-state index contributed by atoms with van der Waals surface area (Å²) in [5, 5.41) is 14.9. The lowest BCUT2D eigenvalue weighted by Crippen LogP contribution is -2.37. The van der Waals surface area contributed by atoms with Gasteiger partial charge in [-0.05, 0) is 30.2 Å². The lowest BCUT2D eigenvalue weighted by Gasteiger charge is -2.15. The molecule has 1 atom stereocenters. The number of methoxy groups -OCH3 is 1. The summed E-state index contributed by atoms with van der Waals surface area (Å²) in [5.74, 6) is 0.821. The monoisotopic (exact) mass is 296 g/mol. The molecule has 0 heterocycles. The van der Waals surface area contributed by atoms with E-state index in [0.29, 0.717) is 24.7 Å². The van der Waals surface area contributed by atoms with Crippen molar-refractivity contribution in [3.8, 4) is 5.75 Å². The van der Waals surface area contributed by atoms with E-state index in [0.717, 1.165) is 0 Å². The van der Waals surface area contributed by atoms with Gasteiger partial charge in [-0.2, -0.15) is 0 Å². The molecule has 1 aromatic carbocycles. The minimum atomic E-state index is -0.549. The highest BCUT2D eigenvalue weighted by Crippen LogP contribution is 2.15. The van der Waals surface area contributed by atoms with Gasteiger partial charge in [0, 0.05) is 19.3 Å². The molecular weight excluding hydrogens is 272 g/mol. The maximum Gasteiger partial charge on any atom is 0.319 e. The number of carbonyl (C=O) groups is 1. The van der Waals surface area contributed by atoms with Crippen LogP contribution in [0, 0.1) is 5.92 Å². The molecule has 3 N–H and O–H groups in total. The van der Waals surface area contributed by atoms with E-state index in [1.165, 1.54) is 0 Å². The van der Waals surface area contributed by atoms with Crippen molar-refractivity contribution in [1.29, 1.82) is 0 Å². The summed E-state index contributed by atoms with van der Waals surface area (Å²) in [7, 11) is 1.62. The number of aliphatic hydroxyl groups is 1. The molecule has 6 nitrogen and oxygen atoms in total. The standard InChI is InChI=1S/C15H24N2O4/c1-11(2)14(18)10-16-15(19)17-12-4-6-13(7-5-12)21-9-8-20-3/h4-7,11,14,18H,8-10H2,1-3H3,(H2,16,17,19)/t14-/m1/s1. The molecule has 0 aliphatic carbocycles. The third kappa shape index (κ3) is 6.97. The highest BCUT2D eigenvalue weighted by Gasteiger charge is 2.10. The number of urea groups is 1. The highest BCUT2D eigenvalue weighted by molar-refractivity contribution is 5.89. The predicted octanol–water partition coefficient (Wildman–Crippen LogP) is 1.85. The number of anilines is 1. The minimum Gasteiger partial charge on any atom is -0.491 e. The fraction of sp³-hybridized carbons (Fsp3) is 0.533. The van der Waals surface area contributed by atoms with E-state index in [1.54, 1.807) is 31.4 Å². The molecule has 0 aliphatic heterocycles. The molecule has 118 valence electrons. The lowest BCUT2D eigenvalue weighted by molar-refractivity contribution is 0.126. The van der Waals surface area contributed by atoms with Crippen LogP contribution in [0.2, 0.25) is 0 Å². The topological polar surface area (TPSA) is 79.8 Å². The number of ether oxygens (including phenoxy) is 2. The van der Waals surface area contributed by atoms with Crippen LogP contribution >= 0.6 is 0 Å². The van der Waals surface area contributed by atoms with Gasteiger partial charge in [-0.1, -0.05) is 13.8 Å². The first kappa shape index (κ1) is 17.3. The number of carbonyl (C=O) groups excluding carboxylic acids is 1.